The van der Waals surface area contributed by atoms with Gasteiger partial charge in [0.05, 0.1) is 17.6 Å². The smallest absolute Gasteiger partial charge is 0.356 e. The molecular weight excluding hydrogens is 278 g/mol. The van der Waals surface area contributed by atoms with E-state index in [1.807, 2.05) is 6.07 Å². The Kier molecular flexibility index (Phi) is 3.16. The number of hydrogen-bond donors (Lipinski definition) is 1. The Morgan fingerprint density at radius 3 is 2.57 bits per heavy atom. The lowest BCUT2D eigenvalue weighted by Gasteiger charge is -2.08. The first kappa shape index (κ1) is 13.6. The van der Waals surface area contributed by atoms with E-state index in [9.17, 15) is 13.6 Å². The Morgan fingerprint density at radius 1 is 1.33 bits per heavy atom. The summed E-state index contributed by atoms with van der Waals surface area (Å²) in [5.41, 5.74) is 1.25. The predicted octanol–water partition coefficient (Wildman–Crippen LogP) is 3.04. The zero-order valence-corrected chi connectivity index (χ0v) is 11.0. The molecule has 0 saturated heterocycles. The molecule has 1 N–H and O–H groups in total. The minimum absolute atomic E-state index is 0.101. The van der Waals surface area contributed by atoms with Crippen LogP contribution in [-0.2, 0) is 6.42 Å². The van der Waals surface area contributed by atoms with Crippen LogP contribution >= 0.6 is 0 Å². The number of aromatic carboxylic acids is 1. The van der Waals surface area contributed by atoms with E-state index in [4.69, 9.17) is 5.11 Å². The van der Waals surface area contributed by atoms with Gasteiger partial charge in [-0.05, 0) is 0 Å². The number of benzene rings is 1. The number of alkyl halides is 2. The summed E-state index contributed by atoms with van der Waals surface area (Å²) in [5, 5.41) is 9.00. The molecule has 1 heterocycles. The van der Waals surface area contributed by atoms with Crippen LogP contribution in [0, 0.1) is 5.92 Å². The van der Waals surface area contributed by atoms with E-state index in [1.165, 1.54) is 0 Å². The van der Waals surface area contributed by atoms with Crippen molar-refractivity contribution in [2.24, 2.45) is 5.92 Å². The van der Waals surface area contributed by atoms with Crippen molar-refractivity contribution in [1.29, 1.82) is 0 Å². The minimum atomic E-state index is -2.64. The second kappa shape index (κ2) is 4.87. The average molecular weight is 290 g/mol. The Hall–Kier alpha value is -2.37. The first-order chi connectivity index (χ1) is 9.97. The molecule has 1 aromatic heterocycles. The van der Waals surface area contributed by atoms with Crippen LogP contribution < -0.4 is 0 Å². The van der Waals surface area contributed by atoms with Gasteiger partial charge in [-0.15, -0.1) is 0 Å². The van der Waals surface area contributed by atoms with Gasteiger partial charge in [-0.25, -0.2) is 18.6 Å². The zero-order chi connectivity index (χ0) is 15.0. The lowest BCUT2D eigenvalue weighted by atomic mass is 10.1. The van der Waals surface area contributed by atoms with Gasteiger partial charge in [0.2, 0.25) is 0 Å². The molecule has 2 aromatic rings. The molecule has 1 aliphatic rings. The molecule has 21 heavy (non-hydrogen) atoms. The molecule has 4 nitrogen and oxygen atoms in total. The Morgan fingerprint density at radius 2 is 2.00 bits per heavy atom. The second-order valence-corrected chi connectivity index (χ2v) is 5.09. The van der Waals surface area contributed by atoms with Crippen LogP contribution in [0.1, 0.15) is 22.6 Å². The van der Waals surface area contributed by atoms with Crippen molar-refractivity contribution < 1.29 is 18.7 Å². The molecule has 0 amide bonds. The van der Waals surface area contributed by atoms with Gasteiger partial charge < -0.3 is 5.11 Å². The topological polar surface area (TPSA) is 63.1 Å². The summed E-state index contributed by atoms with van der Waals surface area (Å²) in [6.45, 7) is 0. The second-order valence-electron chi connectivity index (χ2n) is 5.09. The number of rotatable bonds is 4. The highest BCUT2D eigenvalue weighted by atomic mass is 19.3. The lowest BCUT2D eigenvalue weighted by molar-refractivity contribution is 0.0689. The van der Waals surface area contributed by atoms with Crippen LogP contribution in [-0.4, -0.2) is 27.0 Å². The van der Waals surface area contributed by atoms with E-state index in [2.05, 4.69) is 9.97 Å². The highest BCUT2D eigenvalue weighted by molar-refractivity contribution is 5.85. The van der Waals surface area contributed by atoms with Crippen LogP contribution in [0.3, 0.4) is 0 Å². The molecule has 0 radical (unpaired) electrons. The number of hydrogen-bond acceptors (Lipinski definition) is 3. The number of nitrogens with zero attached hydrogens (tertiary/aromatic N) is 2. The van der Waals surface area contributed by atoms with Crippen molar-refractivity contribution in [3.8, 4) is 11.3 Å². The highest BCUT2D eigenvalue weighted by Crippen LogP contribution is 2.50. The van der Waals surface area contributed by atoms with Gasteiger partial charge in [-0.3, -0.25) is 4.98 Å². The summed E-state index contributed by atoms with van der Waals surface area (Å²) in [4.78, 5) is 19.1. The van der Waals surface area contributed by atoms with Gasteiger partial charge in [0.25, 0.3) is 5.92 Å². The molecule has 0 spiro atoms. The molecule has 1 atom stereocenters. The van der Waals surface area contributed by atoms with Crippen LogP contribution in [0.4, 0.5) is 8.78 Å². The van der Waals surface area contributed by atoms with E-state index < -0.39 is 17.8 Å². The van der Waals surface area contributed by atoms with Gasteiger partial charge in [0, 0.05) is 24.3 Å². The third kappa shape index (κ3) is 2.74. The van der Waals surface area contributed by atoms with Gasteiger partial charge in [0.1, 0.15) is 0 Å². The Balaban J connectivity index is 2.01. The van der Waals surface area contributed by atoms with Crippen LogP contribution in [0.25, 0.3) is 11.3 Å². The molecule has 3 rings (SSSR count). The fourth-order valence-corrected chi connectivity index (χ4v) is 2.22. The summed E-state index contributed by atoms with van der Waals surface area (Å²) in [7, 11) is 0. The van der Waals surface area contributed by atoms with E-state index >= 15 is 0 Å². The van der Waals surface area contributed by atoms with Crippen LogP contribution in [0.5, 0.6) is 0 Å². The number of aromatic nitrogens is 2. The molecule has 1 fully saturated rings. The Labute approximate surface area is 119 Å². The van der Waals surface area contributed by atoms with Gasteiger partial charge in [0.15, 0.2) is 5.69 Å². The molecule has 1 saturated carbocycles. The van der Waals surface area contributed by atoms with E-state index in [0.717, 1.165) is 6.20 Å². The summed E-state index contributed by atoms with van der Waals surface area (Å²) in [6, 6.07) is 8.88. The number of carbonyl (C=O) groups is 1. The average Bonchev–Trinajstić information content (AvgIpc) is 3.06. The largest absolute Gasteiger partial charge is 0.476 e. The SMILES string of the molecule is O=C(O)c1cnc(CC2CC2(F)F)c(-c2ccccc2)n1. The lowest BCUT2D eigenvalue weighted by Crippen LogP contribution is -2.08. The fourth-order valence-electron chi connectivity index (χ4n) is 2.22. The Bertz CT molecular complexity index is 689. The van der Waals surface area contributed by atoms with Crippen molar-refractivity contribution in [2.75, 3.05) is 0 Å². The molecule has 6 heteroatoms. The molecule has 1 aromatic carbocycles. The monoisotopic (exact) mass is 290 g/mol. The standard InChI is InChI=1S/C15H12F2N2O2/c16-15(17)7-10(15)6-11-13(9-4-2-1-3-5-9)19-12(8-18-11)14(20)21/h1-5,8,10H,6-7H2,(H,20,21). The summed E-state index contributed by atoms with van der Waals surface area (Å²) >= 11 is 0. The third-order valence-electron chi connectivity index (χ3n) is 3.51. The molecule has 1 aliphatic carbocycles. The number of halogens is 2. The normalized spacial score (nSPS) is 19.2. The van der Waals surface area contributed by atoms with Gasteiger partial charge in [-0.2, -0.15) is 0 Å². The summed E-state index contributed by atoms with van der Waals surface area (Å²) in [5.74, 6) is -4.56. The van der Waals surface area contributed by atoms with Crippen molar-refractivity contribution in [2.45, 2.75) is 18.8 Å². The van der Waals surface area contributed by atoms with Gasteiger partial charge in [-0.1, -0.05) is 30.3 Å². The fraction of sp³-hybridized carbons (Fsp3) is 0.267. The van der Waals surface area contributed by atoms with E-state index in [-0.39, 0.29) is 18.5 Å². The molecule has 0 bridgehead atoms. The highest BCUT2D eigenvalue weighted by Gasteiger charge is 2.56. The summed E-state index contributed by atoms with van der Waals surface area (Å²) in [6.07, 6.45) is 1.07. The molecule has 0 aliphatic heterocycles. The first-order valence-corrected chi connectivity index (χ1v) is 6.50. The maximum absolute atomic E-state index is 13.1. The van der Waals surface area contributed by atoms with Gasteiger partial charge >= 0.3 is 5.97 Å². The quantitative estimate of drug-likeness (QED) is 0.940. The molecular formula is C15H12F2N2O2. The van der Waals surface area contributed by atoms with E-state index in [0.29, 0.717) is 17.0 Å². The molecule has 1 unspecified atom stereocenters. The third-order valence-corrected chi connectivity index (χ3v) is 3.51. The number of carboxylic acids is 1. The minimum Gasteiger partial charge on any atom is -0.476 e. The number of carboxylic acid groups (broad SMARTS) is 1. The van der Waals surface area contributed by atoms with Crippen LogP contribution in [0.2, 0.25) is 0 Å². The van der Waals surface area contributed by atoms with E-state index in [1.54, 1.807) is 24.3 Å². The maximum Gasteiger partial charge on any atom is 0.356 e. The van der Waals surface area contributed by atoms with Crippen molar-refractivity contribution in [3.63, 3.8) is 0 Å². The van der Waals surface area contributed by atoms with Crippen molar-refractivity contribution >= 4 is 5.97 Å². The molecule has 108 valence electrons. The predicted molar refractivity (Wildman–Crippen MR) is 71.2 cm³/mol. The maximum atomic E-state index is 13.1. The first-order valence-electron chi connectivity index (χ1n) is 6.50. The zero-order valence-electron chi connectivity index (χ0n) is 11.0. The van der Waals surface area contributed by atoms with Crippen molar-refractivity contribution in [3.05, 3.63) is 47.9 Å². The van der Waals surface area contributed by atoms with Crippen molar-refractivity contribution in [1.82, 2.24) is 9.97 Å². The van der Waals surface area contributed by atoms with Crippen LogP contribution in [0.15, 0.2) is 36.5 Å². The summed E-state index contributed by atoms with van der Waals surface area (Å²) < 4.78 is 26.2.